The van der Waals surface area contributed by atoms with Crippen molar-refractivity contribution in [3.05, 3.63) is 75.4 Å². The molecule has 0 radical (unpaired) electrons. The van der Waals surface area contributed by atoms with E-state index in [0.29, 0.717) is 39.8 Å². The highest BCUT2D eigenvalue weighted by Gasteiger charge is 2.53. The van der Waals surface area contributed by atoms with Crippen molar-refractivity contribution in [2.24, 2.45) is 5.92 Å². The molecule has 3 aliphatic rings. The van der Waals surface area contributed by atoms with Crippen molar-refractivity contribution >= 4 is 40.0 Å². The van der Waals surface area contributed by atoms with Crippen LogP contribution in [0.2, 0.25) is 5.02 Å². The van der Waals surface area contributed by atoms with Gasteiger partial charge in [0, 0.05) is 42.8 Å². The molecule has 5 heterocycles. The van der Waals surface area contributed by atoms with Crippen molar-refractivity contribution in [1.29, 1.82) is 0 Å². The van der Waals surface area contributed by atoms with Gasteiger partial charge in [-0.1, -0.05) is 11.6 Å². The van der Waals surface area contributed by atoms with E-state index in [1.165, 1.54) is 13.3 Å². The second kappa shape index (κ2) is 11.2. The third kappa shape index (κ3) is 5.21. The summed E-state index contributed by atoms with van der Waals surface area (Å²) in [4.78, 5) is 40.6. The maximum atomic E-state index is 15.9. The lowest BCUT2D eigenvalue weighted by atomic mass is 10.1. The van der Waals surface area contributed by atoms with Gasteiger partial charge in [-0.25, -0.2) is 14.2 Å². The summed E-state index contributed by atoms with van der Waals surface area (Å²) < 4.78 is 28.7. The first kappa shape index (κ1) is 29.3. The fourth-order valence-electron chi connectivity index (χ4n) is 6.45. The number of pyridine rings is 3. The molecule has 1 N–H and O–H groups in total. The quantitative estimate of drug-likeness (QED) is 0.289. The number of carboxylic acids is 1. The minimum Gasteiger partial charge on any atom is -0.481 e. The number of aromatic nitrogens is 3. The molecule has 0 amide bonds. The Bertz CT molecular complexity index is 1860. The minimum atomic E-state index is -1.39. The summed E-state index contributed by atoms with van der Waals surface area (Å²) in [6, 6.07) is 10.2. The smallest absolute Gasteiger partial charge is 0.341 e. The SMILES string of the molecule is COc1ccc(Cl)c(OC[C@H]2C[C@@H]3C[C@@H]3N2c2cc3c(cc2F)c(=O)c(C(=O)O)cn3-c2ccc(N3CC(N(C)C)C3)nc2)n1. The van der Waals surface area contributed by atoms with Crippen LogP contribution in [0.25, 0.3) is 16.6 Å². The first-order valence-electron chi connectivity index (χ1n) is 14.7. The number of methoxy groups -OCH3 is 1. The molecule has 2 aliphatic heterocycles. The minimum absolute atomic E-state index is 0.0245. The zero-order valence-corrected chi connectivity index (χ0v) is 25.7. The molecule has 0 unspecified atom stereocenters. The second-order valence-corrected chi connectivity index (χ2v) is 12.5. The molecule has 45 heavy (non-hydrogen) atoms. The van der Waals surface area contributed by atoms with E-state index in [4.69, 9.17) is 21.1 Å². The standard InChI is InChI=1S/C32H32ClFN6O5/c1-37(2)20-13-38(14-20)28-6-4-18(12-35-28)39-15-22(32(42)43)30(41)21-10-24(34)27(11-26(21)39)40-19(8-17-9-25(17)40)16-45-31-23(33)5-7-29(36-31)44-3/h4-7,10-12,15,17,19-20,25H,8-9,13-14,16H2,1-3H3,(H,42,43)/t17-,19-,25+/m1/s1. The van der Waals surface area contributed by atoms with Crippen LogP contribution in [0.3, 0.4) is 0 Å². The molecule has 0 bridgehead atoms. The number of aromatic carboxylic acids is 1. The van der Waals surface area contributed by atoms with Crippen LogP contribution in [-0.2, 0) is 0 Å². The van der Waals surface area contributed by atoms with E-state index < -0.39 is 22.8 Å². The Kier molecular flexibility index (Phi) is 7.28. The fraction of sp³-hybridized carbons (Fsp3) is 0.375. The van der Waals surface area contributed by atoms with Crippen LogP contribution in [0.5, 0.6) is 11.8 Å². The van der Waals surface area contributed by atoms with Gasteiger partial charge in [0.1, 0.15) is 28.8 Å². The molecule has 2 saturated heterocycles. The molecule has 3 fully saturated rings. The monoisotopic (exact) mass is 634 g/mol. The lowest BCUT2D eigenvalue weighted by molar-refractivity contribution is 0.0695. The molecule has 234 valence electrons. The molecule has 1 aromatic carbocycles. The maximum Gasteiger partial charge on any atom is 0.341 e. The van der Waals surface area contributed by atoms with Crippen molar-refractivity contribution < 1.29 is 23.8 Å². The third-order valence-electron chi connectivity index (χ3n) is 9.13. The molecule has 1 saturated carbocycles. The number of fused-ring (bicyclic) bond motifs is 2. The molecule has 4 aromatic rings. The Morgan fingerprint density at radius 3 is 2.67 bits per heavy atom. The van der Waals surface area contributed by atoms with Crippen LogP contribution in [0, 0.1) is 11.7 Å². The van der Waals surface area contributed by atoms with Crippen molar-refractivity contribution in [3.8, 4) is 17.4 Å². The Balaban J connectivity index is 1.25. The van der Waals surface area contributed by atoms with Crippen molar-refractivity contribution in [1.82, 2.24) is 19.4 Å². The van der Waals surface area contributed by atoms with Crippen LogP contribution < -0.4 is 24.7 Å². The third-order valence-corrected chi connectivity index (χ3v) is 9.42. The summed E-state index contributed by atoms with van der Waals surface area (Å²) in [5.41, 5.74) is 0.0599. The van der Waals surface area contributed by atoms with Gasteiger partial charge in [-0.2, -0.15) is 4.98 Å². The van der Waals surface area contributed by atoms with Gasteiger partial charge >= 0.3 is 5.97 Å². The van der Waals surface area contributed by atoms with E-state index in [1.54, 1.807) is 29.0 Å². The molecule has 0 spiro atoms. The highest BCUT2D eigenvalue weighted by molar-refractivity contribution is 6.31. The van der Waals surface area contributed by atoms with Gasteiger partial charge in [0.25, 0.3) is 0 Å². The highest BCUT2D eigenvalue weighted by Crippen LogP contribution is 2.50. The number of carbonyl (C=O) groups is 1. The molecule has 3 atom stereocenters. The molecule has 13 heteroatoms. The van der Waals surface area contributed by atoms with Crippen LogP contribution in [0.1, 0.15) is 23.2 Å². The number of ether oxygens (including phenoxy) is 2. The van der Waals surface area contributed by atoms with Gasteiger partial charge in [-0.05, 0) is 63.2 Å². The molecular formula is C32H32ClFN6O5. The van der Waals surface area contributed by atoms with Crippen LogP contribution >= 0.6 is 11.6 Å². The van der Waals surface area contributed by atoms with Crippen LogP contribution in [0.4, 0.5) is 15.9 Å². The number of hydrogen-bond donors (Lipinski definition) is 1. The summed E-state index contributed by atoms with van der Waals surface area (Å²) in [6.07, 6.45) is 4.65. The van der Waals surface area contributed by atoms with E-state index >= 15 is 4.39 Å². The first-order valence-corrected chi connectivity index (χ1v) is 15.1. The number of rotatable bonds is 9. The Morgan fingerprint density at radius 1 is 1.18 bits per heavy atom. The van der Waals surface area contributed by atoms with E-state index in [-0.39, 0.29) is 30.0 Å². The zero-order chi connectivity index (χ0) is 31.6. The van der Waals surface area contributed by atoms with Gasteiger partial charge in [-0.3, -0.25) is 4.79 Å². The number of hydrogen-bond acceptors (Lipinski definition) is 9. The van der Waals surface area contributed by atoms with Gasteiger partial charge in [0.2, 0.25) is 17.2 Å². The summed E-state index contributed by atoms with van der Waals surface area (Å²) in [7, 11) is 5.60. The summed E-state index contributed by atoms with van der Waals surface area (Å²) in [5, 5.41) is 10.1. The van der Waals surface area contributed by atoms with Gasteiger partial charge < -0.3 is 33.8 Å². The van der Waals surface area contributed by atoms with Crippen molar-refractivity contribution in [3.63, 3.8) is 0 Å². The van der Waals surface area contributed by atoms with Gasteiger partial charge in [0.05, 0.1) is 36.2 Å². The van der Waals surface area contributed by atoms with E-state index in [0.717, 1.165) is 37.8 Å². The number of halogens is 2. The second-order valence-electron chi connectivity index (χ2n) is 12.1. The molecular weight excluding hydrogens is 603 g/mol. The Morgan fingerprint density at radius 2 is 1.98 bits per heavy atom. The number of likely N-dealkylation sites (N-methyl/N-ethyl adjacent to an activating group) is 1. The number of piperidine rings is 1. The predicted octanol–water partition coefficient (Wildman–Crippen LogP) is 4.08. The summed E-state index contributed by atoms with van der Waals surface area (Å²) in [6.45, 7) is 1.93. The molecule has 11 nitrogen and oxygen atoms in total. The van der Waals surface area contributed by atoms with E-state index in [9.17, 15) is 14.7 Å². The molecule has 1 aliphatic carbocycles. The number of carboxylic acid groups (broad SMARTS) is 1. The molecule has 7 rings (SSSR count). The van der Waals surface area contributed by atoms with Gasteiger partial charge in [0.15, 0.2) is 0 Å². The largest absolute Gasteiger partial charge is 0.481 e. The summed E-state index contributed by atoms with van der Waals surface area (Å²) in [5.74, 6) is -0.197. The lowest BCUT2D eigenvalue weighted by Crippen LogP contribution is -2.57. The highest BCUT2D eigenvalue weighted by atomic mass is 35.5. The fourth-order valence-corrected chi connectivity index (χ4v) is 6.61. The average Bonchev–Trinajstić information content (AvgIpc) is 3.66. The number of anilines is 2. The normalized spacial score (nSPS) is 20.8. The number of benzene rings is 1. The van der Waals surface area contributed by atoms with E-state index in [1.807, 2.05) is 31.1 Å². The topological polar surface area (TPSA) is 113 Å². The average molecular weight is 635 g/mol. The predicted molar refractivity (Wildman–Crippen MR) is 168 cm³/mol. The van der Waals surface area contributed by atoms with Crippen LogP contribution in [-0.4, -0.2) is 89.5 Å². The molecule has 3 aromatic heterocycles. The van der Waals surface area contributed by atoms with Gasteiger partial charge in [-0.15, -0.1) is 0 Å². The van der Waals surface area contributed by atoms with Crippen molar-refractivity contribution in [2.45, 2.75) is 31.0 Å². The number of nitrogens with zero attached hydrogens (tertiary/aromatic N) is 6. The van der Waals surface area contributed by atoms with E-state index in [2.05, 4.69) is 19.8 Å². The Labute approximate surface area is 263 Å². The maximum absolute atomic E-state index is 15.9. The van der Waals surface area contributed by atoms with Crippen LogP contribution in [0.15, 0.2) is 53.6 Å². The summed E-state index contributed by atoms with van der Waals surface area (Å²) >= 11 is 6.30. The zero-order valence-electron chi connectivity index (χ0n) is 25.0. The lowest BCUT2D eigenvalue weighted by Gasteiger charge is -2.43. The Hall–Kier alpha value is -4.42. The van der Waals surface area contributed by atoms with Crippen molar-refractivity contribution in [2.75, 3.05) is 50.7 Å². The first-order chi connectivity index (χ1) is 21.6.